The van der Waals surface area contributed by atoms with Crippen molar-refractivity contribution >= 4 is 29.0 Å². The highest BCUT2D eigenvalue weighted by Gasteiger charge is 2.17. The second-order valence-corrected chi connectivity index (χ2v) is 5.59. The Morgan fingerprint density at radius 3 is 2.62 bits per heavy atom. The molecule has 0 aliphatic heterocycles. The van der Waals surface area contributed by atoms with Gasteiger partial charge in [-0.15, -0.1) is 0 Å². The first-order valence-corrected chi connectivity index (χ1v) is 7.51. The fraction of sp³-hybridized carbons (Fsp3) is 0.235. The summed E-state index contributed by atoms with van der Waals surface area (Å²) in [4.78, 5) is 12.3. The van der Waals surface area contributed by atoms with Crippen LogP contribution in [0.1, 0.15) is 29.8 Å². The molecule has 0 spiro atoms. The molecule has 4 heteroatoms. The second kappa shape index (κ2) is 6.97. The molecule has 0 aliphatic carbocycles. The molecule has 2 aromatic carbocycles. The van der Waals surface area contributed by atoms with Gasteiger partial charge in [-0.05, 0) is 49.2 Å². The molecule has 1 atom stereocenters. The molecule has 0 N–H and O–H groups in total. The van der Waals surface area contributed by atoms with Crippen LogP contribution in [0.15, 0.2) is 42.5 Å². The number of aryl methyl sites for hydroxylation is 1. The van der Waals surface area contributed by atoms with E-state index < -0.39 is 6.10 Å². The fourth-order valence-corrected chi connectivity index (χ4v) is 2.47. The highest BCUT2D eigenvalue weighted by Crippen LogP contribution is 2.24. The number of Topliss-reactive ketones (excluding diaryl/α,β-unsaturated/α-hetero) is 1. The smallest absolute Gasteiger partial charge is 0.203 e. The number of carbonyl (C=O) groups excluding carboxylic acids is 1. The van der Waals surface area contributed by atoms with Crippen LogP contribution in [0.5, 0.6) is 5.75 Å². The molecule has 0 saturated heterocycles. The van der Waals surface area contributed by atoms with Crippen LogP contribution >= 0.6 is 23.2 Å². The van der Waals surface area contributed by atoms with Gasteiger partial charge < -0.3 is 4.74 Å². The molecule has 0 fully saturated rings. The number of carbonyl (C=O) groups is 1. The first-order chi connectivity index (χ1) is 10.0. The van der Waals surface area contributed by atoms with Gasteiger partial charge in [0.2, 0.25) is 5.78 Å². The number of ether oxygens (including phenoxy) is 1. The maximum absolute atomic E-state index is 12.3. The lowest BCUT2D eigenvalue weighted by atomic mass is 10.1. The van der Waals surface area contributed by atoms with Crippen molar-refractivity contribution in [2.45, 2.75) is 26.4 Å². The van der Waals surface area contributed by atoms with Crippen LogP contribution < -0.4 is 4.74 Å². The van der Waals surface area contributed by atoms with Gasteiger partial charge >= 0.3 is 0 Å². The lowest BCUT2D eigenvalue weighted by Gasteiger charge is -2.15. The van der Waals surface area contributed by atoms with Gasteiger partial charge in [-0.2, -0.15) is 0 Å². The van der Waals surface area contributed by atoms with Crippen molar-refractivity contribution in [3.63, 3.8) is 0 Å². The van der Waals surface area contributed by atoms with Gasteiger partial charge in [0.25, 0.3) is 0 Å². The quantitative estimate of drug-likeness (QED) is 0.706. The van der Waals surface area contributed by atoms with E-state index in [2.05, 4.69) is 0 Å². The molecule has 0 aromatic heterocycles. The Bertz CT molecular complexity index is 653. The largest absolute Gasteiger partial charge is 0.483 e. The topological polar surface area (TPSA) is 26.3 Å². The monoisotopic (exact) mass is 322 g/mol. The molecule has 0 bridgehead atoms. The third-order valence-corrected chi connectivity index (χ3v) is 3.79. The normalized spacial score (nSPS) is 12.0. The van der Waals surface area contributed by atoms with Gasteiger partial charge in [0, 0.05) is 15.6 Å². The molecule has 0 aliphatic rings. The minimum atomic E-state index is -0.589. The van der Waals surface area contributed by atoms with Crippen LogP contribution in [0.4, 0.5) is 0 Å². The van der Waals surface area contributed by atoms with E-state index in [-0.39, 0.29) is 5.78 Å². The summed E-state index contributed by atoms with van der Waals surface area (Å²) in [5.41, 5.74) is 1.54. The van der Waals surface area contributed by atoms with Crippen molar-refractivity contribution in [3.05, 3.63) is 63.6 Å². The average molecular weight is 323 g/mol. The van der Waals surface area contributed by atoms with Crippen LogP contribution in [0.2, 0.25) is 10.0 Å². The first-order valence-electron chi connectivity index (χ1n) is 6.76. The van der Waals surface area contributed by atoms with Gasteiger partial charge in [0.05, 0.1) is 0 Å². The van der Waals surface area contributed by atoms with Gasteiger partial charge in [-0.3, -0.25) is 4.79 Å². The number of halogens is 2. The Kier molecular flexibility index (Phi) is 5.27. The molecule has 0 radical (unpaired) electrons. The Morgan fingerprint density at radius 1 is 1.19 bits per heavy atom. The van der Waals surface area contributed by atoms with E-state index in [9.17, 15) is 4.79 Å². The molecule has 2 aromatic rings. The third kappa shape index (κ3) is 3.99. The number of ketones is 1. The number of benzene rings is 2. The van der Waals surface area contributed by atoms with E-state index in [0.29, 0.717) is 21.4 Å². The zero-order valence-corrected chi connectivity index (χ0v) is 13.4. The summed E-state index contributed by atoms with van der Waals surface area (Å²) in [6, 6.07) is 12.3. The Morgan fingerprint density at radius 2 is 1.95 bits per heavy atom. The highest BCUT2D eigenvalue weighted by molar-refractivity contribution is 6.31. The molecule has 0 heterocycles. The zero-order valence-electron chi connectivity index (χ0n) is 11.9. The predicted octanol–water partition coefficient (Wildman–Crippen LogP) is 5.21. The summed E-state index contributed by atoms with van der Waals surface area (Å²) in [5, 5.41) is 1.24. The van der Waals surface area contributed by atoms with Crippen LogP contribution in [0.25, 0.3) is 0 Å². The van der Waals surface area contributed by atoms with Crippen LogP contribution in [0, 0.1) is 0 Å². The summed E-state index contributed by atoms with van der Waals surface area (Å²) in [5.74, 6) is 0.532. The van der Waals surface area contributed by atoms with Crippen molar-refractivity contribution in [1.82, 2.24) is 0 Å². The van der Waals surface area contributed by atoms with E-state index in [1.807, 2.05) is 13.0 Å². The minimum absolute atomic E-state index is 0.106. The lowest BCUT2D eigenvalue weighted by molar-refractivity contribution is 0.0818. The van der Waals surface area contributed by atoms with Gasteiger partial charge in [-0.1, -0.05) is 42.3 Å². The SMILES string of the molecule is CCc1cc(OC(C)C(=O)c2cccc(Cl)c2)ccc1Cl. The standard InChI is InChI=1S/C17H16Cl2O2/c1-3-12-10-15(7-8-16(12)19)21-11(2)17(20)13-5-4-6-14(18)9-13/h4-11H,3H2,1-2H3. The molecule has 2 nitrogen and oxygen atoms in total. The Labute approximate surface area is 134 Å². The van der Waals surface area contributed by atoms with E-state index in [1.54, 1.807) is 43.3 Å². The summed E-state index contributed by atoms with van der Waals surface area (Å²) in [7, 11) is 0. The molecule has 2 rings (SSSR count). The van der Waals surface area contributed by atoms with Crippen molar-refractivity contribution in [2.75, 3.05) is 0 Å². The molecule has 0 amide bonds. The zero-order chi connectivity index (χ0) is 15.4. The molecular formula is C17H16Cl2O2. The molecule has 21 heavy (non-hydrogen) atoms. The van der Waals surface area contributed by atoms with Crippen molar-refractivity contribution < 1.29 is 9.53 Å². The van der Waals surface area contributed by atoms with E-state index in [0.717, 1.165) is 12.0 Å². The summed E-state index contributed by atoms with van der Waals surface area (Å²) >= 11 is 12.0. The van der Waals surface area contributed by atoms with E-state index in [4.69, 9.17) is 27.9 Å². The van der Waals surface area contributed by atoms with Crippen molar-refractivity contribution in [2.24, 2.45) is 0 Å². The lowest BCUT2D eigenvalue weighted by Crippen LogP contribution is -2.23. The number of hydrogen-bond donors (Lipinski definition) is 0. The Hall–Kier alpha value is -1.51. The number of hydrogen-bond acceptors (Lipinski definition) is 2. The summed E-state index contributed by atoms with van der Waals surface area (Å²) in [6.45, 7) is 3.75. The summed E-state index contributed by atoms with van der Waals surface area (Å²) in [6.07, 6.45) is 0.224. The second-order valence-electron chi connectivity index (χ2n) is 4.74. The van der Waals surface area contributed by atoms with E-state index in [1.165, 1.54) is 0 Å². The minimum Gasteiger partial charge on any atom is -0.483 e. The fourth-order valence-electron chi connectivity index (χ4n) is 2.03. The number of rotatable bonds is 5. The molecular weight excluding hydrogens is 307 g/mol. The van der Waals surface area contributed by atoms with Crippen LogP contribution in [-0.4, -0.2) is 11.9 Å². The van der Waals surface area contributed by atoms with Crippen LogP contribution in [0.3, 0.4) is 0 Å². The maximum atomic E-state index is 12.3. The highest BCUT2D eigenvalue weighted by atomic mass is 35.5. The van der Waals surface area contributed by atoms with Gasteiger partial charge in [0.1, 0.15) is 5.75 Å². The third-order valence-electron chi connectivity index (χ3n) is 3.19. The predicted molar refractivity (Wildman–Crippen MR) is 86.7 cm³/mol. The first kappa shape index (κ1) is 15.9. The molecule has 1 unspecified atom stereocenters. The summed E-state index contributed by atoms with van der Waals surface area (Å²) < 4.78 is 5.72. The average Bonchev–Trinajstić information content (AvgIpc) is 2.48. The van der Waals surface area contributed by atoms with Crippen molar-refractivity contribution in [3.8, 4) is 5.75 Å². The molecule has 110 valence electrons. The maximum Gasteiger partial charge on any atom is 0.203 e. The van der Waals surface area contributed by atoms with Crippen molar-refractivity contribution in [1.29, 1.82) is 0 Å². The van der Waals surface area contributed by atoms with E-state index >= 15 is 0 Å². The van der Waals surface area contributed by atoms with Crippen LogP contribution in [-0.2, 0) is 6.42 Å². The van der Waals surface area contributed by atoms with Gasteiger partial charge in [-0.25, -0.2) is 0 Å². The van der Waals surface area contributed by atoms with Gasteiger partial charge in [0.15, 0.2) is 6.10 Å². The molecule has 0 saturated carbocycles. The Balaban J connectivity index is 2.14.